The molecule has 2 rings (SSSR count). The normalized spacial score (nSPS) is 10.0. The van der Waals surface area contributed by atoms with Crippen LogP contribution in [0.25, 0.3) is 0 Å². The summed E-state index contributed by atoms with van der Waals surface area (Å²) in [6, 6.07) is 5.06. The second-order valence-electron chi connectivity index (χ2n) is 3.43. The maximum atomic E-state index is 10.8. The molecule has 0 atom stereocenters. The van der Waals surface area contributed by atoms with Gasteiger partial charge in [0, 0.05) is 13.0 Å². The second kappa shape index (κ2) is 4.60. The van der Waals surface area contributed by atoms with E-state index in [0.717, 1.165) is 0 Å². The Kier molecular flexibility index (Phi) is 2.99. The van der Waals surface area contributed by atoms with Crippen LogP contribution in [0.1, 0.15) is 12.7 Å². The molecule has 7 nitrogen and oxygen atoms in total. The maximum absolute atomic E-state index is 10.8. The first kappa shape index (κ1) is 11.1. The highest BCUT2D eigenvalue weighted by Gasteiger charge is 2.03. The highest BCUT2D eigenvalue weighted by molar-refractivity contribution is 5.87. The van der Waals surface area contributed by atoms with Gasteiger partial charge in [0.25, 0.3) is 0 Å². The summed E-state index contributed by atoms with van der Waals surface area (Å²) in [7, 11) is 0. The summed E-state index contributed by atoms with van der Waals surface area (Å²) < 4.78 is 4.90. The first-order valence-corrected chi connectivity index (χ1v) is 4.95. The second-order valence-corrected chi connectivity index (χ2v) is 3.43. The lowest BCUT2D eigenvalue weighted by Crippen LogP contribution is -2.08. The molecule has 0 unspecified atom stereocenters. The smallest absolute Gasteiger partial charge is 0.222 e. The zero-order valence-electron chi connectivity index (χ0n) is 9.39. The molecule has 0 aliphatic carbocycles. The van der Waals surface area contributed by atoms with Gasteiger partial charge >= 0.3 is 0 Å². The van der Waals surface area contributed by atoms with E-state index in [1.165, 1.54) is 6.92 Å². The largest absolute Gasteiger partial charge is 0.360 e. The van der Waals surface area contributed by atoms with E-state index >= 15 is 0 Å². The molecule has 7 heteroatoms. The molecular formula is C10H11N5O2. The Hall–Kier alpha value is -2.44. The summed E-state index contributed by atoms with van der Waals surface area (Å²) in [6.45, 7) is 3.20. The van der Waals surface area contributed by atoms with E-state index in [-0.39, 0.29) is 5.91 Å². The molecule has 2 aromatic heterocycles. The van der Waals surface area contributed by atoms with Crippen LogP contribution < -0.4 is 10.6 Å². The summed E-state index contributed by atoms with van der Waals surface area (Å²) in [5.74, 6) is 2.00. The van der Waals surface area contributed by atoms with E-state index in [1.54, 1.807) is 25.1 Å². The Morgan fingerprint density at radius 3 is 2.47 bits per heavy atom. The molecule has 0 radical (unpaired) electrons. The van der Waals surface area contributed by atoms with Crippen molar-refractivity contribution in [3.8, 4) is 0 Å². The van der Waals surface area contributed by atoms with Crippen LogP contribution in [0.15, 0.2) is 22.7 Å². The number of nitrogens with one attached hydrogen (secondary N) is 2. The standard InChI is InChI=1S/C10H11N5O2/c1-6-5-10(15-17-6)12-9-4-3-8(13-14-9)11-7(2)16/h3-5H,1-2H3,(H,11,13,16)(H,12,14,15). The summed E-state index contributed by atoms with van der Waals surface area (Å²) in [4.78, 5) is 10.8. The predicted molar refractivity (Wildman–Crippen MR) is 60.9 cm³/mol. The molecule has 2 aromatic rings. The minimum absolute atomic E-state index is 0.188. The topological polar surface area (TPSA) is 92.9 Å². The SMILES string of the molecule is CC(=O)Nc1ccc(Nc2cc(C)on2)nn1. The van der Waals surface area contributed by atoms with Gasteiger partial charge in [-0.3, -0.25) is 4.79 Å². The van der Waals surface area contributed by atoms with Gasteiger partial charge in [-0.15, -0.1) is 10.2 Å². The number of carbonyl (C=O) groups is 1. The molecule has 1 amide bonds. The van der Waals surface area contributed by atoms with Crippen LogP contribution in [0.3, 0.4) is 0 Å². The van der Waals surface area contributed by atoms with Crippen LogP contribution in [-0.2, 0) is 4.79 Å². The fourth-order valence-corrected chi connectivity index (χ4v) is 1.20. The predicted octanol–water partition coefficient (Wildman–Crippen LogP) is 1.48. The van der Waals surface area contributed by atoms with Crippen LogP contribution in [0.2, 0.25) is 0 Å². The summed E-state index contributed by atoms with van der Waals surface area (Å²) >= 11 is 0. The molecule has 2 N–H and O–H groups in total. The van der Waals surface area contributed by atoms with Crippen LogP contribution in [-0.4, -0.2) is 21.3 Å². The number of carbonyl (C=O) groups excluding carboxylic acids is 1. The van der Waals surface area contributed by atoms with Crippen molar-refractivity contribution < 1.29 is 9.32 Å². The molecule has 2 heterocycles. The van der Waals surface area contributed by atoms with E-state index in [9.17, 15) is 4.79 Å². The molecule has 17 heavy (non-hydrogen) atoms. The molecule has 0 saturated heterocycles. The molecule has 0 bridgehead atoms. The van der Waals surface area contributed by atoms with Gasteiger partial charge in [-0.25, -0.2) is 0 Å². The summed E-state index contributed by atoms with van der Waals surface area (Å²) in [5.41, 5.74) is 0. The van der Waals surface area contributed by atoms with Gasteiger partial charge in [-0.1, -0.05) is 5.16 Å². The number of aromatic nitrogens is 3. The molecule has 88 valence electrons. The lowest BCUT2D eigenvalue weighted by Gasteiger charge is -2.02. The van der Waals surface area contributed by atoms with Gasteiger partial charge in [0.1, 0.15) is 5.76 Å². The van der Waals surface area contributed by atoms with E-state index < -0.39 is 0 Å². The van der Waals surface area contributed by atoms with E-state index in [2.05, 4.69) is 26.0 Å². The van der Waals surface area contributed by atoms with Crippen molar-refractivity contribution >= 4 is 23.4 Å². The van der Waals surface area contributed by atoms with Crippen LogP contribution >= 0.6 is 0 Å². The molecule has 0 aromatic carbocycles. The lowest BCUT2D eigenvalue weighted by atomic mass is 10.4. The Morgan fingerprint density at radius 2 is 1.94 bits per heavy atom. The van der Waals surface area contributed by atoms with Gasteiger partial charge in [-0.05, 0) is 19.1 Å². The Morgan fingerprint density at radius 1 is 1.24 bits per heavy atom. The summed E-state index contributed by atoms with van der Waals surface area (Å²) in [5, 5.41) is 16.9. The van der Waals surface area contributed by atoms with Crippen molar-refractivity contribution in [1.82, 2.24) is 15.4 Å². The van der Waals surface area contributed by atoms with Crippen molar-refractivity contribution in [3.63, 3.8) is 0 Å². The van der Waals surface area contributed by atoms with E-state index in [1.807, 2.05) is 0 Å². The number of anilines is 3. The zero-order valence-corrected chi connectivity index (χ0v) is 9.39. The van der Waals surface area contributed by atoms with Gasteiger partial charge < -0.3 is 15.2 Å². The zero-order chi connectivity index (χ0) is 12.3. The van der Waals surface area contributed by atoms with Crippen molar-refractivity contribution in [1.29, 1.82) is 0 Å². The number of nitrogens with zero attached hydrogens (tertiary/aromatic N) is 3. The number of hydrogen-bond acceptors (Lipinski definition) is 6. The van der Waals surface area contributed by atoms with Crippen molar-refractivity contribution in [3.05, 3.63) is 24.0 Å². The number of amides is 1. The van der Waals surface area contributed by atoms with Crippen molar-refractivity contribution in [2.24, 2.45) is 0 Å². The number of aryl methyl sites for hydroxylation is 1. The third-order valence-corrected chi connectivity index (χ3v) is 1.85. The molecule has 0 aliphatic rings. The fourth-order valence-electron chi connectivity index (χ4n) is 1.20. The molecule has 0 spiro atoms. The first-order valence-electron chi connectivity index (χ1n) is 4.95. The van der Waals surface area contributed by atoms with Gasteiger partial charge in [0.15, 0.2) is 17.5 Å². The van der Waals surface area contributed by atoms with Gasteiger partial charge in [-0.2, -0.15) is 0 Å². The summed E-state index contributed by atoms with van der Waals surface area (Å²) in [6.07, 6.45) is 0. The Labute approximate surface area is 97.2 Å². The highest BCUT2D eigenvalue weighted by atomic mass is 16.5. The molecule has 0 fully saturated rings. The van der Waals surface area contributed by atoms with Crippen LogP contribution in [0.5, 0.6) is 0 Å². The van der Waals surface area contributed by atoms with E-state index in [4.69, 9.17) is 4.52 Å². The van der Waals surface area contributed by atoms with E-state index in [0.29, 0.717) is 23.2 Å². The molecule has 0 saturated carbocycles. The minimum Gasteiger partial charge on any atom is -0.360 e. The quantitative estimate of drug-likeness (QED) is 0.833. The van der Waals surface area contributed by atoms with Crippen LogP contribution in [0, 0.1) is 6.92 Å². The van der Waals surface area contributed by atoms with Crippen molar-refractivity contribution in [2.45, 2.75) is 13.8 Å². The third kappa shape index (κ3) is 3.00. The first-order chi connectivity index (χ1) is 8.13. The highest BCUT2D eigenvalue weighted by Crippen LogP contribution is 2.14. The molecule has 0 aliphatic heterocycles. The average Bonchev–Trinajstić information content (AvgIpc) is 2.66. The number of rotatable bonds is 3. The van der Waals surface area contributed by atoms with Crippen LogP contribution in [0.4, 0.5) is 17.5 Å². The lowest BCUT2D eigenvalue weighted by molar-refractivity contribution is -0.114. The average molecular weight is 233 g/mol. The fraction of sp³-hybridized carbons (Fsp3) is 0.200. The maximum Gasteiger partial charge on any atom is 0.222 e. The Balaban J connectivity index is 2.05. The van der Waals surface area contributed by atoms with Gasteiger partial charge in [0.05, 0.1) is 0 Å². The Bertz CT molecular complexity index is 520. The van der Waals surface area contributed by atoms with Crippen molar-refractivity contribution in [2.75, 3.05) is 10.6 Å². The minimum atomic E-state index is -0.188. The van der Waals surface area contributed by atoms with Gasteiger partial charge in [0.2, 0.25) is 5.91 Å². The molecular weight excluding hydrogens is 222 g/mol. The monoisotopic (exact) mass is 233 g/mol. The third-order valence-electron chi connectivity index (χ3n) is 1.85. The number of hydrogen-bond donors (Lipinski definition) is 2.